The minimum absolute atomic E-state index is 0.280. The van der Waals surface area contributed by atoms with E-state index >= 15 is 0 Å². The van der Waals surface area contributed by atoms with Gasteiger partial charge in [0.1, 0.15) is 0 Å². The molecule has 0 amide bonds. The van der Waals surface area contributed by atoms with Gasteiger partial charge >= 0.3 is 0 Å². The molecular formula is C15H26N2S. The zero-order valence-corrected chi connectivity index (χ0v) is 12.9. The predicted octanol–water partition coefficient (Wildman–Crippen LogP) is 3.21. The van der Waals surface area contributed by atoms with E-state index in [-0.39, 0.29) is 5.41 Å². The van der Waals surface area contributed by atoms with Crippen LogP contribution in [0.3, 0.4) is 0 Å². The molecule has 1 aromatic rings. The average molecular weight is 266 g/mol. The van der Waals surface area contributed by atoms with Crippen LogP contribution >= 0.6 is 11.3 Å². The first kappa shape index (κ1) is 14.0. The molecule has 1 aliphatic heterocycles. The summed E-state index contributed by atoms with van der Waals surface area (Å²) in [5.74, 6) is 0.687. The number of hydrogen-bond donors (Lipinski definition) is 1. The van der Waals surface area contributed by atoms with E-state index in [1.807, 2.05) is 11.3 Å². The molecule has 1 aromatic heterocycles. The van der Waals surface area contributed by atoms with Crippen LogP contribution < -0.4 is 5.73 Å². The van der Waals surface area contributed by atoms with Gasteiger partial charge < -0.3 is 5.73 Å². The fourth-order valence-electron chi connectivity index (χ4n) is 2.52. The van der Waals surface area contributed by atoms with Gasteiger partial charge in [0.25, 0.3) is 0 Å². The summed E-state index contributed by atoms with van der Waals surface area (Å²) < 4.78 is 0. The molecule has 0 aromatic carbocycles. The molecular weight excluding hydrogens is 240 g/mol. The second-order valence-corrected chi connectivity index (χ2v) is 7.83. The molecule has 0 saturated carbocycles. The Balaban J connectivity index is 1.93. The summed E-state index contributed by atoms with van der Waals surface area (Å²) in [6, 6.07) is 4.92. The van der Waals surface area contributed by atoms with Gasteiger partial charge in [-0.2, -0.15) is 0 Å². The molecule has 2 nitrogen and oxygen atoms in total. The maximum absolute atomic E-state index is 5.99. The van der Waals surface area contributed by atoms with E-state index in [0.29, 0.717) is 12.0 Å². The third kappa shape index (κ3) is 3.34. The Labute approximate surface area is 115 Å². The highest BCUT2D eigenvalue weighted by atomic mass is 32.1. The molecule has 0 spiro atoms. The van der Waals surface area contributed by atoms with Crippen LogP contribution in [0.15, 0.2) is 12.1 Å². The second-order valence-electron chi connectivity index (χ2n) is 6.66. The molecule has 0 aliphatic carbocycles. The molecule has 1 fully saturated rings. The van der Waals surface area contributed by atoms with Crippen molar-refractivity contribution >= 4 is 11.3 Å². The SMILES string of the molecule is CC(N)C1CCN(Cc2ccc(C(C)(C)C)s2)C1. The van der Waals surface area contributed by atoms with E-state index in [1.54, 1.807) is 0 Å². The van der Waals surface area contributed by atoms with Gasteiger partial charge in [-0.3, -0.25) is 4.90 Å². The number of hydrogen-bond acceptors (Lipinski definition) is 3. The molecule has 18 heavy (non-hydrogen) atoms. The van der Waals surface area contributed by atoms with Gasteiger partial charge in [-0.05, 0) is 43.4 Å². The largest absolute Gasteiger partial charge is 0.328 e. The van der Waals surface area contributed by atoms with Crippen molar-refractivity contribution < 1.29 is 0 Å². The molecule has 1 aliphatic rings. The van der Waals surface area contributed by atoms with E-state index in [1.165, 1.54) is 29.3 Å². The Morgan fingerprint density at radius 1 is 1.44 bits per heavy atom. The van der Waals surface area contributed by atoms with Crippen LogP contribution in [0.1, 0.15) is 43.9 Å². The van der Waals surface area contributed by atoms with Crippen molar-refractivity contribution in [1.29, 1.82) is 0 Å². The van der Waals surface area contributed by atoms with E-state index in [0.717, 1.165) is 6.54 Å². The van der Waals surface area contributed by atoms with Gasteiger partial charge in [-0.15, -0.1) is 11.3 Å². The zero-order valence-electron chi connectivity index (χ0n) is 12.1. The number of nitrogens with two attached hydrogens (primary N) is 1. The Hall–Kier alpha value is -0.380. The fraction of sp³-hybridized carbons (Fsp3) is 0.733. The number of thiophene rings is 1. The van der Waals surface area contributed by atoms with Crippen molar-refractivity contribution in [2.45, 2.75) is 52.1 Å². The van der Waals surface area contributed by atoms with E-state index in [9.17, 15) is 0 Å². The highest BCUT2D eigenvalue weighted by Crippen LogP contribution is 2.31. The predicted molar refractivity (Wildman–Crippen MR) is 80.1 cm³/mol. The van der Waals surface area contributed by atoms with Crippen LogP contribution in [0.2, 0.25) is 0 Å². The highest BCUT2D eigenvalue weighted by Gasteiger charge is 2.25. The van der Waals surface area contributed by atoms with Crippen LogP contribution in [0.25, 0.3) is 0 Å². The summed E-state index contributed by atoms with van der Waals surface area (Å²) in [6.45, 7) is 12.5. The maximum Gasteiger partial charge on any atom is 0.0328 e. The lowest BCUT2D eigenvalue weighted by Gasteiger charge is -2.17. The van der Waals surface area contributed by atoms with Crippen molar-refractivity contribution in [2.24, 2.45) is 11.7 Å². The Morgan fingerprint density at radius 2 is 2.17 bits per heavy atom. The summed E-state index contributed by atoms with van der Waals surface area (Å²) in [5, 5.41) is 0. The standard InChI is InChI=1S/C15H26N2S/c1-11(16)12-7-8-17(9-12)10-13-5-6-14(18-13)15(2,3)4/h5-6,11-12H,7-10,16H2,1-4H3. The molecule has 1 saturated heterocycles. The lowest BCUT2D eigenvalue weighted by molar-refractivity contribution is 0.311. The van der Waals surface area contributed by atoms with Crippen LogP contribution in [-0.4, -0.2) is 24.0 Å². The highest BCUT2D eigenvalue weighted by molar-refractivity contribution is 7.12. The van der Waals surface area contributed by atoms with E-state index in [2.05, 4.69) is 44.7 Å². The smallest absolute Gasteiger partial charge is 0.0328 e. The third-order valence-electron chi connectivity index (χ3n) is 3.83. The third-order valence-corrected chi connectivity index (χ3v) is 5.33. The molecule has 2 unspecified atom stereocenters. The second kappa shape index (κ2) is 5.32. The molecule has 2 atom stereocenters. The summed E-state index contributed by atoms with van der Waals surface area (Å²) >= 11 is 1.96. The Morgan fingerprint density at radius 3 is 2.67 bits per heavy atom. The number of rotatable bonds is 3. The zero-order chi connectivity index (χ0) is 13.3. The summed E-state index contributed by atoms with van der Waals surface area (Å²) in [5.41, 5.74) is 6.27. The lowest BCUT2D eigenvalue weighted by Crippen LogP contribution is -2.29. The number of nitrogens with zero attached hydrogens (tertiary/aromatic N) is 1. The van der Waals surface area contributed by atoms with Crippen LogP contribution in [0, 0.1) is 5.92 Å². The minimum atomic E-state index is 0.280. The van der Waals surface area contributed by atoms with Gasteiger partial charge in [0.2, 0.25) is 0 Å². The minimum Gasteiger partial charge on any atom is -0.328 e. The summed E-state index contributed by atoms with van der Waals surface area (Å²) in [7, 11) is 0. The van der Waals surface area contributed by atoms with Gasteiger partial charge in [0, 0.05) is 28.9 Å². The monoisotopic (exact) mass is 266 g/mol. The first-order chi connectivity index (χ1) is 8.36. The normalized spacial score (nSPS) is 23.5. The molecule has 2 rings (SSSR count). The first-order valence-corrected chi connectivity index (χ1v) is 7.75. The molecule has 2 heterocycles. The average Bonchev–Trinajstić information content (AvgIpc) is 2.85. The van der Waals surface area contributed by atoms with Crippen LogP contribution in [-0.2, 0) is 12.0 Å². The topological polar surface area (TPSA) is 29.3 Å². The van der Waals surface area contributed by atoms with Gasteiger partial charge in [0.05, 0.1) is 0 Å². The Kier molecular flexibility index (Phi) is 4.15. The van der Waals surface area contributed by atoms with Crippen molar-refractivity contribution in [1.82, 2.24) is 4.90 Å². The van der Waals surface area contributed by atoms with Gasteiger partial charge in [-0.1, -0.05) is 20.8 Å². The molecule has 2 N–H and O–H groups in total. The van der Waals surface area contributed by atoms with Gasteiger partial charge in [0.15, 0.2) is 0 Å². The van der Waals surface area contributed by atoms with E-state index in [4.69, 9.17) is 5.73 Å². The van der Waals surface area contributed by atoms with Crippen molar-refractivity contribution in [3.05, 3.63) is 21.9 Å². The Bertz CT molecular complexity index is 389. The van der Waals surface area contributed by atoms with Crippen molar-refractivity contribution in [3.8, 4) is 0 Å². The molecule has 0 bridgehead atoms. The molecule has 3 heteroatoms. The van der Waals surface area contributed by atoms with Crippen LogP contribution in [0.5, 0.6) is 0 Å². The molecule has 0 radical (unpaired) electrons. The van der Waals surface area contributed by atoms with E-state index < -0.39 is 0 Å². The maximum atomic E-state index is 5.99. The molecule has 102 valence electrons. The first-order valence-electron chi connectivity index (χ1n) is 6.93. The summed E-state index contributed by atoms with van der Waals surface area (Å²) in [6.07, 6.45) is 1.26. The van der Waals surface area contributed by atoms with Gasteiger partial charge in [-0.25, -0.2) is 0 Å². The quantitative estimate of drug-likeness (QED) is 0.910. The number of likely N-dealkylation sites (tertiary alicyclic amines) is 1. The van der Waals surface area contributed by atoms with Crippen molar-refractivity contribution in [3.63, 3.8) is 0 Å². The summed E-state index contributed by atoms with van der Waals surface area (Å²) in [4.78, 5) is 5.53. The lowest BCUT2D eigenvalue weighted by atomic mass is 9.95. The van der Waals surface area contributed by atoms with Crippen molar-refractivity contribution in [2.75, 3.05) is 13.1 Å². The van der Waals surface area contributed by atoms with Crippen LogP contribution in [0.4, 0.5) is 0 Å². The fourth-order valence-corrected chi connectivity index (χ4v) is 3.63.